The fraction of sp³-hybridized carbons (Fsp3) is 0.417. The maximum Gasteiger partial charge on any atom is 0.0595 e. The maximum atomic E-state index is 5.99. The Balaban J connectivity index is 2.18. The summed E-state index contributed by atoms with van der Waals surface area (Å²) in [6.45, 7) is 0. The van der Waals surface area contributed by atoms with Gasteiger partial charge in [-0.25, -0.2) is 0 Å². The van der Waals surface area contributed by atoms with Crippen LogP contribution in [0, 0.1) is 5.92 Å². The smallest absolute Gasteiger partial charge is 0.0595 e. The zero-order valence-corrected chi connectivity index (χ0v) is 9.54. The molecule has 1 radical (unpaired) electrons. The van der Waals surface area contributed by atoms with E-state index in [0.717, 1.165) is 0 Å². The van der Waals surface area contributed by atoms with E-state index < -0.39 is 0 Å². The van der Waals surface area contributed by atoms with Crippen LogP contribution in [0.25, 0.3) is 0 Å². The molecule has 0 aromatic heterocycles. The van der Waals surface area contributed by atoms with Gasteiger partial charge < -0.3 is 0 Å². The number of benzene rings is 1. The Morgan fingerprint density at radius 3 is 2.21 bits per heavy atom. The van der Waals surface area contributed by atoms with Gasteiger partial charge in [0.2, 0.25) is 0 Å². The summed E-state index contributed by atoms with van der Waals surface area (Å²) in [5.41, 5.74) is 1.28. The predicted molar refractivity (Wildman–Crippen MR) is 61.9 cm³/mol. The standard InChI is InChI=1S/C12H13Cl2/c13-11-7-6-10(8-12(11)14)9-4-2-1-3-5-9/h6-8H,1-5H2. The lowest BCUT2D eigenvalue weighted by atomic mass is 9.84. The molecule has 0 N–H and O–H groups in total. The minimum Gasteiger partial charge on any atom is -0.0827 e. The normalized spacial score (nSPS) is 18.4. The molecule has 1 aromatic rings. The summed E-state index contributed by atoms with van der Waals surface area (Å²) in [6.07, 6.45) is 6.44. The molecule has 1 fully saturated rings. The van der Waals surface area contributed by atoms with Crippen LogP contribution >= 0.6 is 23.2 Å². The van der Waals surface area contributed by atoms with Crippen LogP contribution in [0.1, 0.15) is 37.7 Å². The van der Waals surface area contributed by atoms with Crippen molar-refractivity contribution in [3.63, 3.8) is 0 Å². The van der Waals surface area contributed by atoms with Gasteiger partial charge in [-0.15, -0.1) is 0 Å². The molecule has 14 heavy (non-hydrogen) atoms. The van der Waals surface area contributed by atoms with Gasteiger partial charge >= 0.3 is 0 Å². The molecule has 1 aromatic carbocycles. The molecule has 1 saturated carbocycles. The van der Waals surface area contributed by atoms with Gasteiger partial charge in [0.05, 0.1) is 10.0 Å². The van der Waals surface area contributed by atoms with Crippen molar-refractivity contribution in [1.29, 1.82) is 0 Å². The first-order valence-electron chi connectivity index (χ1n) is 5.07. The molecular weight excluding hydrogens is 215 g/mol. The topological polar surface area (TPSA) is 0 Å². The van der Waals surface area contributed by atoms with Gasteiger partial charge in [-0.05, 0) is 30.5 Å². The van der Waals surface area contributed by atoms with Crippen LogP contribution in [0.4, 0.5) is 0 Å². The second-order valence-electron chi connectivity index (χ2n) is 3.79. The van der Waals surface area contributed by atoms with Crippen LogP contribution in [-0.2, 0) is 0 Å². The SMILES string of the molecule is Clc1ccc([C]2CCCCC2)cc1Cl. The summed E-state index contributed by atoms with van der Waals surface area (Å²) in [5.74, 6) is 1.54. The van der Waals surface area contributed by atoms with E-state index >= 15 is 0 Å². The third kappa shape index (κ3) is 2.24. The monoisotopic (exact) mass is 227 g/mol. The predicted octanol–water partition coefficient (Wildman–Crippen LogP) is 4.88. The minimum atomic E-state index is 0.645. The van der Waals surface area contributed by atoms with Crippen LogP contribution < -0.4 is 0 Å². The summed E-state index contributed by atoms with van der Waals surface area (Å²) in [6, 6.07) is 5.96. The fourth-order valence-electron chi connectivity index (χ4n) is 1.98. The number of rotatable bonds is 1. The number of hydrogen-bond donors (Lipinski definition) is 0. The number of hydrogen-bond acceptors (Lipinski definition) is 0. The van der Waals surface area contributed by atoms with Gasteiger partial charge in [0, 0.05) is 5.92 Å². The lowest BCUT2D eigenvalue weighted by molar-refractivity contribution is 0.551. The van der Waals surface area contributed by atoms with E-state index in [1.807, 2.05) is 12.1 Å². The molecule has 0 spiro atoms. The molecule has 0 amide bonds. The van der Waals surface area contributed by atoms with Crippen molar-refractivity contribution in [3.8, 4) is 0 Å². The van der Waals surface area contributed by atoms with Crippen LogP contribution in [0.3, 0.4) is 0 Å². The van der Waals surface area contributed by atoms with E-state index in [1.165, 1.54) is 43.6 Å². The third-order valence-corrected chi connectivity index (χ3v) is 3.52. The van der Waals surface area contributed by atoms with E-state index in [1.54, 1.807) is 0 Å². The average molecular weight is 228 g/mol. The molecule has 0 unspecified atom stereocenters. The highest BCUT2D eigenvalue weighted by atomic mass is 35.5. The largest absolute Gasteiger partial charge is 0.0827 e. The van der Waals surface area contributed by atoms with Crippen LogP contribution in [0.5, 0.6) is 0 Å². The van der Waals surface area contributed by atoms with E-state index in [0.29, 0.717) is 10.0 Å². The third-order valence-electron chi connectivity index (χ3n) is 2.78. The summed E-state index contributed by atoms with van der Waals surface area (Å²) >= 11 is 11.9. The first-order chi connectivity index (χ1) is 6.77. The molecule has 0 nitrogen and oxygen atoms in total. The van der Waals surface area contributed by atoms with E-state index in [4.69, 9.17) is 23.2 Å². The zero-order chi connectivity index (χ0) is 9.97. The van der Waals surface area contributed by atoms with E-state index in [2.05, 4.69) is 6.07 Å². The molecule has 2 rings (SSSR count). The summed E-state index contributed by atoms with van der Waals surface area (Å²) in [4.78, 5) is 0. The summed E-state index contributed by atoms with van der Waals surface area (Å²) in [5, 5.41) is 1.31. The Bertz CT molecular complexity index is 314. The quantitative estimate of drug-likeness (QED) is 0.642. The lowest BCUT2D eigenvalue weighted by Crippen LogP contribution is -2.05. The summed E-state index contributed by atoms with van der Waals surface area (Å²) in [7, 11) is 0. The van der Waals surface area contributed by atoms with Gasteiger partial charge in [-0.3, -0.25) is 0 Å². The molecule has 0 bridgehead atoms. The van der Waals surface area contributed by atoms with Crippen LogP contribution in [0.15, 0.2) is 18.2 Å². The van der Waals surface area contributed by atoms with Gasteiger partial charge in [0.25, 0.3) is 0 Å². The Labute approximate surface area is 95.2 Å². The second-order valence-corrected chi connectivity index (χ2v) is 4.61. The second kappa shape index (κ2) is 4.55. The van der Waals surface area contributed by atoms with E-state index in [9.17, 15) is 0 Å². The van der Waals surface area contributed by atoms with Gasteiger partial charge in [0.1, 0.15) is 0 Å². The van der Waals surface area contributed by atoms with Crippen molar-refractivity contribution in [2.75, 3.05) is 0 Å². The molecule has 0 saturated heterocycles. The molecule has 75 valence electrons. The molecule has 2 heteroatoms. The van der Waals surface area contributed by atoms with Crippen molar-refractivity contribution in [2.24, 2.45) is 0 Å². The maximum absolute atomic E-state index is 5.99. The van der Waals surface area contributed by atoms with Crippen LogP contribution in [0.2, 0.25) is 10.0 Å². The highest BCUT2D eigenvalue weighted by molar-refractivity contribution is 6.42. The first kappa shape index (κ1) is 10.3. The van der Waals surface area contributed by atoms with Crippen molar-refractivity contribution >= 4 is 23.2 Å². The zero-order valence-electron chi connectivity index (χ0n) is 8.02. The number of halogens is 2. The molecule has 0 heterocycles. The molecule has 0 aliphatic heterocycles. The fourth-order valence-corrected chi connectivity index (χ4v) is 2.28. The van der Waals surface area contributed by atoms with Gasteiger partial charge in [0.15, 0.2) is 0 Å². The van der Waals surface area contributed by atoms with E-state index in [-0.39, 0.29) is 0 Å². The van der Waals surface area contributed by atoms with Crippen LogP contribution in [-0.4, -0.2) is 0 Å². The van der Waals surface area contributed by atoms with Gasteiger partial charge in [-0.2, -0.15) is 0 Å². The molecule has 1 aliphatic carbocycles. The Morgan fingerprint density at radius 1 is 0.857 bits per heavy atom. The molecular formula is C12H13Cl2. The first-order valence-corrected chi connectivity index (χ1v) is 5.83. The van der Waals surface area contributed by atoms with Gasteiger partial charge in [-0.1, -0.05) is 48.5 Å². The lowest BCUT2D eigenvalue weighted by Gasteiger charge is -2.21. The average Bonchev–Trinajstić information content (AvgIpc) is 2.23. The molecule has 0 atom stereocenters. The Hall–Kier alpha value is -0.200. The highest BCUT2D eigenvalue weighted by Gasteiger charge is 2.16. The summed E-state index contributed by atoms with van der Waals surface area (Å²) < 4.78 is 0. The minimum absolute atomic E-state index is 0.645. The van der Waals surface area contributed by atoms with Crippen molar-refractivity contribution in [2.45, 2.75) is 32.1 Å². The Kier molecular flexibility index (Phi) is 3.35. The highest BCUT2D eigenvalue weighted by Crippen LogP contribution is 2.34. The van der Waals surface area contributed by atoms with Crippen molar-refractivity contribution in [3.05, 3.63) is 39.7 Å². The van der Waals surface area contributed by atoms with Crippen molar-refractivity contribution in [1.82, 2.24) is 0 Å². The Morgan fingerprint density at radius 2 is 1.57 bits per heavy atom. The molecule has 1 aliphatic rings. The van der Waals surface area contributed by atoms with Crippen molar-refractivity contribution < 1.29 is 0 Å².